The maximum atomic E-state index is 11.8. The second-order valence-electron chi connectivity index (χ2n) is 5.01. The van der Waals surface area contributed by atoms with Gasteiger partial charge in [0.15, 0.2) is 0 Å². The van der Waals surface area contributed by atoms with E-state index in [1.54, 1.807) is 0 Å². The van der Waals surface area contributed by atoms with Crippen LogP contribution in [0.2, 0.25) is 0 Å². The van der Waals surface area contributed by atoms with Gasteiger partial charge in [0, 0.05) is 11.1 Å². The number of amides is 1. The fourth-order valence-electron chi connectivity index (χ4n) is 1.27. The summed E-state index contributed by atoms with van der Waals surface area (Å²) in [6.45, 7) is 7.56. The van der Waals surface area contributed by atoms with E-state index in [-0.39, 0.29) is 12.5 Å². The maximum absolute atomic E-state index is 11.8. The smallest absolute Gasteiger partial charge is 0.229 e. The van der Waals surface area contributed by atoms with Crippen molar-refractivity contribution in [3.05, 3.63) is 29.3 Å². The number of benzene rings is 1. The fraction of sp³-hybridized carbons (Fsp3) is 0.462. The number of rotatable bonds is 2. The molecule has 88 valence electrons. The minimum Gasteiger partial charge on any atom is -0.392 e. The van der Waals surface area contributed by atoms with Gasteiger partial charge in [-0.15, -0.1) is 0 Å². The number of hydrogen-bond acceptors (Lipinski definition) is 2. The SMILES string of the molecule is Cc1cc(CO)ccc1NC(=O)C(C)(C)C. The highest BCUT2D eigenvalue weighted by molar-refractivity contribution is 5.95. The van der Waals surface area contributed by atoms with E-state index in [9.17, 15) is 4.79 Å². The molecule has 1 aromatic rings. The molecule has 0 unspecified atom stereocenters. The van der Waals surface area contributed by atoms with Gasteiger partial charge in [0.2, 0.25) is 5.91 Å². The normalized spacial score (nSPS) is 11.3. The van der Waals surface area contributed by atoms with Crippen LogP contribution in [0.1, 0.15) is 31.9 Å². The van der Waals surface area contributed by atoms with Gasteiger partial charge in [-0.1, -0.05) is 32.9 Å². The largest absolute Gasteiger partial charge is 0.392 e. The predicted octanol–water partition coefficient (Wildman–Crippen LogP) is 2.47. The second kappa shape index (κ2) is 4.66. The van der Waals surface area contributed by atoms with E-state index in [4.69, 9.17) is 5.11 Å². The third-order valence-corrected chi connectivity index (χ3v) is 2.40. The first kappa shape index (κ1) is 12.7. The number of nitrogens with one attached hydrogen (secondary N) is 1. The highest BCUT2D eigenvalue weighted by Crippen LogP contribution is 2.21. The third-order valence-electron chi connectivity index (χ3n) is 2.40. The molecule has 0 aliphatic rings. The lowest BCUT2D eigenvalue weighted by atomic mass is 9.95. The lowest BCUT2D eigenvalue weighted by molar-refractivity contribution is -0.123. The average Bonchev–Trinajstić information content (AvgIpc) is 2.19. The zero-order valence-electron chi connectivity index (χ0n) is 10.3. The van der Waals surface area contributed by atoms with E-state index < -0.39 is 5.41 Å². The van der Waals surface area contributed by atoms with E-state index in [1.807, 2.05) is 45.9 Å². The Morgan fingerprint density at radius 3 is 2.44 bits per heavy atom. The number of aryl methyl sites for hydroxylation is 1. The van der Waals surface area contributed by atoms with Crippen LogP contribution in [0.5, 0.6) is 0 Å². The van der Waals surface area contributed by atoms with Gasteiger partial charge >= 0.3 is 0 Å². The minimum atomic E-state index is -0.401. The van der Waals surface area contributed by atoms with Gasteiger partial charge in [0.25, 0.3) is 0 Å². The third kappa shape index (κ3) is 3.07. The molecule has 0 saturated carbocycles. The Labute approximate surface area is 96.5 Å². The maximum Gasteiger partial charge on any atom is 0.229 e. The summed E-state index contributed by atoms with van der Waals surface area (Å²) in [5.41, 5.74) is 2.22. The van der Waals surface area contributed by atoms with E-state index >= 15 is 0 Å². The molecule has 0 spiro atoms. The van der Waals surface area contributed by atoms with Crippen molar-refractivity contribution in [2.45, 2.75) is 34.3 Å². The molecule has 0 aliphatic heterocycles. The van der Waals surface area contributed by atoms with Crippen LogP contribution in [0.15, 0.2) is 18.2 Å². The molecule has 0 radical (unpaired) electrons. The van der Waals surface area contributed by atoms with Crippen molar-refractivity contribution >= 4 is 11.6 Å². The molecule has 0 bridgehead atoms. The van der Waals surface area contributed by atoms with Crippen LogP contribution in [-0.4, -0.2) is 11.0 Å². The quantitative estimate of drug-likeness (QED) is 0.806. The van der Waals surface area contributed by atoms with Crippen molar-refractivity contribution in [2.75, 3.05) is 5.32 Å². The van der Waals surface area contributed by atoms with E-state index in [2.05, 4.69) is 5.32 Å². The Hall–Kier alpha value is -1.35. The molecule has 3 heteroatoms. The van der Waals surface area contributed by atoms with Crippen LogP contribution in [-0.2, 0) is 11.4 Å². The van der Waals surface area contributed by atoms with E-state index in [0.29, 0.717) is 0 Å². The Bertz CT molecular complexity index is 391. The zero-order chi connectivity index (χ0) is 12.3. The van der Waals surface area contributed by atoms with Gasteiger partial charge in [0.1, 0.15) is 0 Å². The van der Waals surface area contributed by atoms with Gasteiger partial charge in [0.05, 0.1) is 6.61 Å². The molecule has 3 nitrogen and oxygen atoms in total. The predicted molar refractivity (Wildman–Crippen MR) is 65.2 cm³/mol. The summed E-state index contributed by atoms with van der Waals surface area (Å²) in [4.78, 5) is 11.8. The van der Waals surface area contributed by atoms with Crippen molar-refractivity contribution in [1.82, 2.24) is 0 Å². The molecule has 0 aromatic heterocycles. The highest BCUT2D eigenvalue weighted by atomic mass is 16.3. The number of aliphatic hydroxyl groups is 1. The van der Waals surface area contributed by atoms with Gasteiger partial charge < -0.3 is 10.4 Å². The molecule has 16 heavy (non-hydrogen) atoms. The number of anilines is 1. The van der Waals surface area contributed by atoms with Crippen LogP contribution >= 0.6 is 0 Å². The Morgan fingerprint density at radius 2 is 2.00 bits per heavy atom. The summed E-state index contributed by atoms with van der Waals surface area (Å²) >= 11 is 0. The summed E-state index contributed by atoms with van der Waals surface area (Å²) in [6, 6.07) is 5.51. The molecular weight excluding hydrogens is 202 g/mol. The molecule has 0 fully saturated rings. The molecule has 0 saturated heterocycles. The first-order chi connectivity index (χ1) is 7.34. The van der Waals surface area contributed by atoms with Crippen molar-refractivity contribution in [1.29, 1.82) is 0 Å². The Kier molecular flexibility index (Phi) is 3.70. The van der Waals surface area contributed by atoms with Crippen LogP contribution in [0.4, 0.5) is 5.69 Å². The zero-order valence-corrected chi connectivity index (χ0v) is 10.3. The van der Waals surface area contributed by atoms with Crippen LogP contribution < -0.4 is 5.32 Å². The Morgan fingerprint density at radius 1 is 1.38 bits per heavy atom. The van der Waals surface area contributed by atoms with Crippen molar-refractivity contribution in [2.24, 2.45) is 5.41 Å². The highest BCUT2D eigenvalue weighted by Gasteiger charge is 2.21. The first-order valence-electron chi connectivity index (χ1n) is 5.36. The van der Waals surface area contributed by atoms with Gasteiger partial charge in [-0.3, -0.25) is 4.79 Å². The molecule has 0 heterocycles. The first-order valence-corrected chi connectivity index (χ1v) is 5.36. The minimum absolute atomic E-state index is 0.00708. The van der Waals surface area contributed by atoms with E-state index in [0.717, 1.165) is 16.8 Å². The van der Waals surface area contributed by atoms with Crippen LogP contribution in [0, 0.1) is 12.3 Å². The Balaban J connectivity index is 2.87. The van der Waals surface area contributed by atoms with Gasteiger partial charge in [-0.2, -0.15) is 0 Å². The number of aliphatic hydroxyl groups excluding tert-OH is 1. The molecule has 0 atom stereocenters. The second-order valence-corrected chi connectivity index (χ2v) is 5.01. The van der Waals surface area contributed by atoms with Crippen LogP contribution in [0.25, 0.3) is 0 Å². The molecule has 2 N–H and O–H groups in total. The van der Waals surface area contributed by atoms with Crippen LogP contribution in [0.3, 0.4) is 0 Å². The summed E-state index contributed by atoms with van der Waals surface area (Å²) in [7, 11) is 0. The molecule has 1 amide bonds. The molecule has 1 aromatic carbocycles. The fourth-order valence-corrected chi connectivity index (χ4v) is 1.27. The van der Waals surface area contributed by atoms with Crippen molar-refractivity contribution in [3.63, 3.8) is 0 Å². The lowest BCUT2D eigenvalue weighted by Crippen LogP contribution is -2.27. The molecular formula is C13H19NO2. The topological polar surface area (TPSA) is 49.3 Å². The standard InChI is InChI=1S/C13H19NO2/c1-9-7-10(8-15)5-6-11(9)14-12(16)13(2,3)4/h5-7,15H,8H2,1-4H3,(H,14,16). The number of hydrogen-bond donors (Lipinski definition) is 2. The summed E-state index contributed by atoms with van der Waals surface area (Å²) < 4.78 is 0. The number of carbonyl (C=O) groups excluding carboxylic acids is 1. The van der Waals surface area contributed by atoms with Crippen molar-refractivity contribution < 1.29 is 9.90 Å². The monoisotopic (exact) mass is 221 g/mol. The summed E-state index contributed by atoms with van der Waals surface area (Å²) in [6.07, 6.45) is 0. The lowest BCUT2D eigenvalue weighted by Gasteiger charge is -2.19. The number of carbonyl (C=O) groups is 1. The molecule has 1 rings (SSSR count). The summed E-state index contributed by atoms with van der Waals surface area (Å²) in [5, 5.41) is 11.9. The van der Waals surface area contributed by atoms with Gasteiger partial charge in [-0.05, 0) is 24.1 Å². The van der Waals surface area contributed by atoms with Crippen molar-refractivity contribution in [3.8, 4) is 0 Å². The van der Waals surface area contributed by atoms with E-state index in [1.165, 1.54) is 0 Å². The average molecular weight is 221 g/mol. The summed E-state index contributed by atoms with van der Waals surface area (Å²) in [5.74, 6) is -0.00708. The van der Waals surface area contributed by atoms with Gasteiger partial charge in [-0.25, -0.2) is 0 Å². The molecule has 0 aliphatic carbocycles.